The number of nitrogens with one attached hydrogen (secondary N) is 1. The maximum atomic E-state index is 12.8. The number of piperidine rings is 1. The summed E-state index contributed by atoms with van der Waals surface area (Å²) in [6, 6.07) is 10.9. The number of hydrogen-bond donors (Lipinski definition) is 1. The van der Waals surface area contributed by atoms with Crippen LogP contribution in [0.1, 0.15) is 30.1 Å². The highest BCUT2D eigenvalue weighted by Gasteiger charge is 2.27. The smallest absolute Gasteiger partial charge is 0.227 e. The maximum absolute atomic E-state index is 12.8. The standard InChI is InChI=1S/C20H18Cl3N3O.H2S/c21-14-3-4-17-18(10-14)25-20(24-17)13-2-1-5-26(11-13)19(27)8-12-6-15(22)9-16(23)7-12;/h3-4,6-7,9-10,13H,1-2,5,8,11H2,(H,24,25);1H2/t13-;/m0./s1. The van der Waals surface area contributed by atoms with Crippen LogP contribution in [0.2, 0.25) is 15.1 Å². The van der Waals surface area contributed by atoms with Crippen LogP contribution >= 0.6 is 48.3 Å². The molecule has 8 heteroatoms. The van der Waals surface area contributed by atoms with Crippen molar-refractivity contribution in [3.63, 3.8) is 0 Å². The summed E-state index contributed by atoms with van der Waals surface area (Å²) >= 11 is 18.1. The Morgan fingerprint density at radius 2 is 1.86 bits per heavy atom. The van der Waals surface area contributed by atoms with Gasteiger partial charge in [0, 0.05) is 34.1 Å². The number of halogens is 3. The van der Waals surface area contributed by atoms with Gasteiger partial charge in [0.05, 0.1) is 17.5 Å². The number of H-pyrrole nitrogens is 1. The average molecular weight is 457 g/mol. The van der Waals surface area contributed by atoms with E-state index < -0.39 is 0 Å². The zero-order valence-corrected chi connectivity index (χ0v) is 18.3. The molecule has 2 aromatic carbocycles. The molecule has 1 aliphatic rings. The normalized spacial score (nSPS) is 16.8. The van der Waals surface area contributed by atoms with Crippen molar-refractivity contribution >= 4 is 65.2 Å². The number of amides is 1. The monoisotopic (exact) mass is 455 g/mol. The van der Waals surface area contributed by atoms with Crippen molar-refractivity contribution in [2.75, 3.05) is 13.1 Å². The van der Waals surface area contributed by atoms with Crippen LogP contribution < -0.4 is 0 Å². The molecule has 148 valence electrons. The number of carbonyl (C=O) groups excluding carboxylic acids is 1. The van der Waals surface area contributed by atoms with Crippen LogP contribution in [-0.2, 0) is 11.2 Å². The van der Waals surface area contributed by atoms with Crippen molar-refractivity contribution in [2.45, 2.75) is 25.2 Å². The third kappa shape index (κ3) is 4.77. The van der Waals surface area contributed by atoms with E-state index in [9.17, 15) is 4.79 Å². The molecule has 0 saturated carbocycles. The van der Waals surface area contributed by atoms with Gasteiger partial charge in [-0.2, -0.15) is 13.5 Å². The minimum Gasteiger partial charge on any atom is -0.342 e. The van der Waals surface area contributed by atoms with Crippen molar-refractivity contribution in [3.05, 3.63) is 62.9 Å². The number of nitrogens with zero attached hydrogens (tertiary/aromatic N) is 2. The highest BCUT2D eigenvalue weighted by Crippen LogP contribution is 2.28. The average Bonchev–Trinajstić information content (AvgIpc) is 3.04. The van der Waals surface area contributed by atoms with Crippen molar-refractivity contribution in [1.82, 2.24) is 14.9 Å². The molecule has 0 aliphatic carbocycles. The van der Waals surface area contributed by atoms with E-state index in [1.807, 2.05) is 23.1 Å². The second kappa shape index (κ2) is 8.95. The van der Waals surface area contributed by atoms with Crippen LogP contribution in [0, 0.1) is 0 Å². The summed E-state index contributed by atoms with van der Waals surface area (Å²) in [5, 5.41) is 1.77. The number of fused-ring (bicyclic) bond motifs is 1. The second-order valence-electron chi connectivity index (χ2n) is 6.92. The van der Waals surface area contributed by atoms with E-state index in [-0.39, 0.29) is 25.3 Å². The topological polar surface area (TPSA) is 49.0 Å². The highest BCUT2D eigenvalue weighted by molar-refractivity contribution is 7.59. The molecule has 1 aliphatic heterocycles. The highest BCUT2D eigenvalue weighted by atomic mass is 35.5. The maximum Gasteiger partial charge on any atom is 0.227 e. The largest absolute Gasteiger partial charge is 0.342 e. The number of benzene rings is 2. The predicted octanol–water partition coefficient (Wildman–Crippen LogP) is 5.58. The van der Waals surface area contributed by atoms with Gasteiger partial charge in [-0.15, -0.1) is 0 Å². The van der Waals surface area contributed by atoms with Gasteiger partial charge in [-0.25, -0.2) is 4.98 Å². The predicted molar refractivity (Wildman–Crippen MR) is 120 cm³/mol. The first kappa shape index (κ1) is 21.3. The Morgan fingerprint density at radius 3 is 2.61 bits per heavy atom. The lowest BCUT2D eigenvalue weighted by atomic mass is 9.96. The Kier molecular flexibility index (Phi) is 6.81. The molecule has 0 unspecified atom stereocenters. The quantitative estimate of drug-likeness (QED) is 0.559. The molecule has 1 aromatic heterocycles. The summed E-state index contributed by atoms with van der Waals surface area (Å²) in [6.07, 6.45) is 2.24. The molecular weight excluding hydrogens is 437 g/mol. The third-order valence-electron chi connectivity index (χ3n) is 4.90. The van der Waals surface area contributed by atoms with E-state index in [0.717, 1.165) is 41.8 Å². The molecular formula is C20H20Cl3N3OS. The van der Waals surface area contributed by atoms with Gasteiger partial charge in [-0.05, 0) is 54.8 Å². The van der Waals surface area contributed by atoms with E-state index in [4.69, 9.17) is 39.8 Å². The first-order chi connectivity index (χ1) is 13.0. The fourth-order valence-electron chi connectivity index (χ4n) is 3.62. The summed E-state index contributed by atoms with van der Waals surface area (Å²) in [5.74, 6) is 1.18. The van der Waals surface area contributed by atoms with Crippen LogP contribution in [0.5, 0.6) is 0 Å². The van der Waals surface area contributed by atoms with E-state index in [1.165, 1.54) is 0 Å². The third-order valence-corrected chi connectivity index (χ3v) is 5.57. The fourth-order valence-corrected chi connectivity index (χ4v) is 4.36. The van der Waals surface area contributed by atoms with Crippen LogP contribution in [0.15, 0.2) is 36.4 Å². The molecule has 0 radical (unpaired) electrons. The van der Waals surface area contributed by atoms with Crippen LogP contribution in [0.3, 0.4) is 0 Å². The van der Waals surface area contributed by atoms with Crippen LogP contribution in [0.25, 0.3) is 11.0 Å². The molecule has 4 rings (SSSR count). The van der Waals surface area contributed by atoms with Gasteiger partial charge in [0.15, 0.2) is 0 Å². The first-order valence-electron chi connectivity index (χ1n) is 8.86. The van der Waals surface area contributed by atoms with Gasteiger partial charge >= 0.3 is 0 Å². The summed E-state index contributed by atoms with van der Waals surface area (Å²) in [6.45, 7) is 1.41. The lowest BCUT2D eigenvalue weighted by molar-refractivity contribution is -0.131. The molecule has 1 fully saturated rings. The number of likely N-dealkylation sites (tertiary alicyclic amines) is 1. The zero-order valence-electron chi connectivity index (χ0n) is 15.0. The summed E-state index contributed by atoms with van der Waals surface area (Å²) < 4.78 is 0. The minimum absolute atomic E-state index is 0. The molecule has 0 spiro atoms. The number of imidazole rings is 1. The number of hydrogen-bond acceptors (Lipinski definition) is 2. The molecule has 1 atom stereocenters. The van der Waals surface area contributed by atoms with Crippen molar-refractivity contribution in [2.24, 2.45) is 0 Å². The van der Waals surface area contributed by atoms with E-state index in [2.05, 4.69) is 4.98 Å². The summed E-state index contributed by atoms with van der Waals surface area (Å²) in [5.41, 5.74) is 2.65. The SMILES string of the molecule is O=C(Cc1cc(Cl)cc(Cl)c1)N1CCC[C@H](c2nc3ccc(Cl)cc3[nH]2)C1.S. The van der Waals surface area contributed by atoms with Gasteiger partial charge in [0.2, 0.25) is 5.91 Å². The number of rotatable bonds is 3. The van der Waals surface area contributed by atoms with E-state index in [1.54, 1.807) is 18.2 Å². The summed E-state index contributed by atoms with van der Waals surface area (Å²) in [4.78, 5) is 22.7. The lowest BCUT2D eigenvalue weighted by Gasteiger charge is -2.32. The van der Waals surface area contributed by atoms with Crippen molar-refractivity contribution in [1.29, 1.82) is 0 Å². The van der Waals surface area contributed by atoms with Gasteiger partial charge in [-0.1, -0.05) is 34.8 Å². The lowest BCUT2D eigenvalue weighted by Crippen LogP contribution is -2.40. The van der Waals surface area contributed by atoms with Gasteiger partial charge < -0.3 is 9.88 Å². The van der Waals surface area contributed by atoms with Gasteiger partial charge in [0.25, 0.3) is 0 Å². The Balaban J connectivity index is 0.00000225. The van der Waals surface area contributed by atoms with Gasteiger partial charge in [0.1, 0.15) is 5.82 Å². The summed E-state index contributed by atoms with van der Waals surface area (Å²) in [7, 11) is 0. The molecule has 1 amide bonds. The second-order valence-corrected chi connectivity index (χ2v) is 8.23. The number of aromatic nitrogens is 2. The van der Waals surface area contributed by atoms with Crippen molar-refractivity contribution in [3.8, 4) is 0 Å². The molecule has 3 aromatic rings. The molecule has 2 heterocycles. The first-order valence-corrected chi connectivity index (χ1v) is 9.99. The molecule has 1 N–H and O–H groups in total. The Labute approximate surface area is 185 Å². The molecule has 1 saturated heterocycles. The zero-order chi connectivity index (χ0) is 19.0. The number of carbonyl (C=O) groups is 1. The molecule has 28 heavy (non-hydrogen) atoms. The van der Waals surface area contributed by atoms with E-state index in [0.29, 0.717) is 28.0 Å². The molecule has 0 bridgehead atoms. The van der Waals surface area contributed by atoms with Gasteiger partial charge in [-0.3, -0.25) is 4.79 Å². The minimum atomic E-state index is 0. The fraction of sp³-hybridized carbons (Fsp3) is 0.300. The Morgan fingerprint density at radius 1 is 1.11 bits per heavy atom. The van der Waals surface area contributed by atoms with Crippen LogP contribution in [0.4, 0.5) is 0 Å². The molecule has 4 nitrogen and oxygen atoms in total. The van der Waals surface area contributed by atoms with E-state index >= 15 is 0 Å². The Bertz CT molecular complexity index is 987. The Hall–Kier alpha value is -1.40. The van der Waals surface area contributed by atoms with Crippen molar-refractivity contribution < 1.29 is 4.79 Å². The number of aromatic amines is 1. The van der Waals surface area contributed by atoms with Crippen LogP contribution in [-0.4, -0.2) is 33.9 Å².